The molecule has 0 bridgehead atoms. The molecule has 1 heterocycles. The summed E-state index contributed by atoms with van der Waals surface area (Å²) < 4.78 is 30.6. The van der Waals surface area contributed by atoms with E-state index in [2.05, 4.69) is 17.4 Å². The van der Waals surface area contributed by atoms with Gasteiger partial charge in [0.05, 0.1) is 10.6 Å². The second kappa shape index (κ2) is 9.54. The molecule has 4 aromatic rings. The first kappa shape index (κ1) is 22.0. The van der Waals surface area contributed by atoms with Crippen LogP contribution in [0.25, 0.3) is 11.1 Å². The predicted molar refractivity (Wildman–Crippen MR) is 130 cm³/mol. The number of thiol groups is 1. The van der Waals surface area contributed by atoms with Crippen molar-refractivity contribution in [3.8, 4) is 11.1 Å². The van der Waals surface area contributed by atoms with Crippen molar-refractivity contribution in [2.45, 2.75) is 16.4 Å². The molecule has 0 fully saturated rings. The summed E-state index contributed by atoms with van der Waals surface area (Å²) in [5, 5.41) is 0. The van der Waals surface area contributed by atoms with E-state index in [1.807, 2.05) is 72.8 Å². The summed E-state index contributed by atoms with van der Waals surface area (Å²) in [7, 11) is -3.37. The zero-order valence-electron chi connectivity index (χ0n) is 17.0. The predicted octanol–water partition coefficient (Wildman–Crippen LogP) is 6.77. The van der Waals surface area contributed by atoms with Crippen molar-refractivity contribution >= 4 is 35.2 Å². The first-order valence-corrected chi connectivity index (χ1v) is 11.8. The Morgan fingerprint density at radius 1 is 0.875 bits per heavy atom. The highest BCUT2D eigenvalue weighted by Gasteiger charge is 2.19. The molecular formula is C24H22N2O4S2. The molecule has 0 amide bonds. The molecule has 1 aromatic heterocycles. The first-order chi connectivity index (χ1) is 15.4. The molecule has 0 aliphatic carbocycles. The maximum Gasteiger partial charge on any atom is 0.418 e. The number of hydrogen-bond acceptors (Lipinski definition) is 6. The first-order valence-electron chi connectivity index (χ1n) is 9.76. The number of anilines is 1. The van der Waals surface area contributed by atoms with Crippen LogP contribution in [-0.4, -0.2) is 19.8 Å². The highest BCUT2D eigenvalue weighted by molar-refractivity contribution is 8.25. The third-order valence-electron chi connectivity index (χ3n) is 4.76. The standard InChI is InChI=1S/C24H22N2O4S2/c27-24(30-17-18-7-3-1-4-8-18)26-15-22(23(31)16-26)25-32(28,29)21-13-11-20(12-14-21)19-9-5-2-6-10-19/h1-16,25,28-29,31H,17H2. The number of hydrogen-bond donors (Lipinski definition) is 4. The van der Waals surface area contributed by atoms with E-state index in [0.717, 1.165) is 16.7 Å². The molecular weight excluding hydrogens is 444 g/mol. The van der Waals surface area contributed by atoms with Crippen LogP contribution in [0, 0.1) is 0 Å². The number of aromatic nitrogens is 1. The van der Waals surface area contributed by atoms with Gasteiger partial charge in [-0.2, -0.15) is 0 Å². The Balaban J connectivity index is 1.45. The second-order valence-electron chi connectivity index (χ2n) is 7.05. The van der Waals surface area contributed by atoms with Crippen LogP contribution in [0.3, 0.4) is 0 Å². The zero-order chi connectivity index (χ0) is 22.6. The number of rotatable bonds is 6. The van der Waals surface area contributed by atoms with Gasteiger partial charge in [-0.15, -0.1) is 12.6 Å². The Morgan fingerprint density at radius 3 is 2.12 bits per heavy atom. The lowest BCUT2D eigenvalue weighted by molar-refractivity contribution is 0.141. The summed E-state index contributed by atoms with van der Waals surface area (Å²) >= 11 is 4.34. The van der Waals surface area contributed by atoms with Crippen molar-refractivity contribution in [3.63, 3.8) is 0 Å². The van der Waals surface area contributed by atoms with Crippen molar-refractivity contribution in [1.82, 2.24) is 4.57 Å². The third-order valence-corrected chi connectivity index (χ3v) is 6.55. The van der Waals surface area contributed by atoms with E-state index >= 15 is 0 Å². The maximum absolute atomic E-state index is 12.4. The SMILES string of the molecule is O=C(OCc1ccccc1)n1cc(S)c(NS(O)(O)c2ccc(-c3ccccc3)cc2)c1. The van der Waals surface area contributed by atoms with Gasteiger partial charge in [0.15, 0.2) is 0 Å². The molecule has 32 heavy (non-hydrogen) atoms. The fourth-order valence-electron chi connectivity index (χ4n) is 3.10. The summed E-state index contributed by atoms with van der Waals surface area (Å²) in [6.45, 7) is 0.130. The number of carbonyl (C=O) groups excluding carboxylic acids is 1. The van der Waals surface area contributed by atoms with E-state index in [0.29, 0.717) is 15.5 Å². The van der Waals surface area contributed by atoms with E-state index < -0.39 is 16.9 Å². The Hall–Kier alpha value is -3.17. The van der Waals surface area contributed by atoms with E-state index in [1.54, 1.807) is 12.1 Å². The van der Waals surface area contributed by atoms with Crippen molar-refractivity contribution in [2.24, 2.45) is 0 Å². The van der Waals surface area contributed by atoms with E-state index in [-0.39, 0.29) is 6.61 Å². The van der Waals surface area contributed by atoms with Gasteiger partial charge in [-0.05, 0) is 28.8 Å². The molecule has 164 valence electrons. The fraction of sp³-hybridized carbons (Fsp3) is 0.0417. The summed E-state index contributed by atoms with van der Waals surface area (Å²) in [4.78, 5) is 13.1. The van der Waals surface area contributed by atoms with Crippen LogP contribution in [-0.2, 0) is 11.3 Å². The second-order valence-corrected chi connectivity index (χ2v) is 9.30. The van der Waals surface area contributed by atoms with Gasteiger partial charge in [0, 0.05) is 17.3 Å². The van der Waals surface area contributed by atoms with Gasteiger partial charge in [-0.1, -0.05) is 83.6 Å². The summed E-state index contributed by atoms with van der Waals surface area (Å²) in [6.07, 6.45) is 2.27. The molecule has 0 aliphatic rings. The lowest BCUT2D eigenvalue weighted by Gasteiger charge is -2.33. The van der Waals surface area contributed by atoms with E-state index in [1.165, 1.54) is 17.0 Å². The van der Waals surface area contributed by atoms with Gasteiger partial charge in [0.1, 0.15) is 6.61 Å². The number of nitrogens with one attached hydrogen (secondary N) is 1. The molecule has 0 unspecified atom stereocenters. The van der Waals surface area contributed by atoms with Crippen molar-refractivity contribution in [3.05, 3.63) is 103 Å². The van der Waals surface area contributed by atoms with Crippen LogP contribution in [0.15, 0.2) is 107 Å². The van der Waals surface area contributed by atoms with E-state index in [9.17, 15) is 13.9 Å². The van der Waals surface area contributed by atoms with Crippen LogP contribution in [0.1, 0.15) is 5.56 Å². The van der Waals surface area contributed by atoms with Crippen molar-refractivity contribution in [1.29, 1.82) is 0 Å². The Kier molecular flexibility index (Phi) is 6.57. The summed E-state index contributed by atoms with van der Waals surface area (Å²) in [6, 6.07) is 26.1. The van der Waals surface area contributed by atoms with Crippen molar-refractivity contribution < 1.29 is 18.6 Å². The minimum Gasteiger partial charge on any atom is -0.444 e. The number of carbonyl (C=O) groups is 1. The molecule has 0 aliphatic heterocycles. The van der Waals surface area contributed by atoms with Crippen LogP contribution in [0.2, 0.25) is 0 Å². The third kappa shape index (κ3) is 5.17. The molecule has 6 nitrogen and oxygen atoms in total. The van der Waals surface area contributed by atoms with Crippen LogP contribution < -0.4 is 4.72 Å². The molecule has 3 N–H and O–H groups in total. The highest BCUT2D eigenvalue weighted by atomic mass is 32.3. The highest BCUT2D eigenvalue weighted by Crippen LogP contribution is 2.49. The minimum absolute atomic E-state index is 0.130. The van der Waals surface area contributed by atoms with Gasteiger partial charge in [-0.3, -0.25) is 18.4 Å². The molecule has 8 heteroatoms. The fourth-order valence-corrected chi connectivity index (χ4v) is 4.52. The molecule has 0 atom stereocenters. The Morgan fingerprint density at radius 2 is 1.47 bits per heavy atom. The smallest absolute Gasteiger partial charge is 0.418 e. The van der Waals surface area contributed by atoms with Gasteiger partial charge < -0.3 is 4.74 Å². The Labute approximate surface area is 193 Å². The average molecular weight is 467 g/mol. The topological polar surface area (TPSA) is 83.7 Å². The molecule has 0 saturated heterocycles. The van der Waals surface area contributed by atoms with Crippen LogP contribution in [0.5, 0.6) is 0 Å². The zero-order valence-corrected chi connectivity index (χ0v) is 18.7. The van der Waals surface area contributed by atoms with Gasteiger partial charge in [0.25, 0.3) is 0 Å². The van der Waals surface area contributed by atoms with Crippen LogP contribution in [0.4, 0.5) is 10.5 Å². The lowest BCUT2D eigenvalue weighted by Crippen LogP contribution is -2.12. The van der Waals surface area contributed by atoms with Gasteiger partial charge in [0.2, 0.25) is 0 Å². The average Bonchev–Trinajstić information content (AvgIpc) is 3.18. The van der Waals surface area contributed by atoms with Gasteiger partial charge in [-0.25, -0.2) is 4.79 Å². The lowest BCUT2D eigenvalue weighted by atomic mass is 10.1. The molecule has 4 rings (SSSR count). The number of benzene rings is 3. The molecule has 0 radical (unpaired) electrons. The normalized spacial score (nSPS) is 11.7. The quantitative estimate of drug-likeness (QED) is 0.236. The maximum atomic E-state index is 12.4. The molecule has 3 aromatic carbocycles. The summed E-state index contributed by atoms with van der Waals surface area (Å²) in [5.74, 6) is 0. The van der Waals surface area contributed by atoms with Crippen molar-refractivity contribution in [2.75, 3.05) is 4.72 Å². The summed E-state index contributed by atoms with van der Waals surface area (Å²) in [5.41, 5.74) is 3.17. The number of ether oxygens (including phenoxy) is 1. The minimum atomic E-state index is -3.37. The van der Waals surface area contributed by atoms with E-state index in [4.69, 9.17) is 4.74 Å². The number of nitrogens with zero attached hydrogens (tertiary/aromatic N) is 1. The Bertz CT molecular complexity index is 1190. The largest absolute Gasteiger partial charge is 0.444 e. The van der Waals surface area contributed by atoms with Gasteiger partial charge >= 0.3 is 6.09 Å². The molecule has 0 saturated carbocycles. The molecule has 0 spiro atoms. The van der Waals surface area contributed by atoms with Crippen LogP contribution >= 0.6 is 23.4 Å². The monoisotopic (exact) mass is 466 g/mol.